The highest BCUT2D eigenvalue weighted by Gasteiger charge is 2.31. The van der Waals surface area contributed by atoms with Crippen LogP contribution in [0.25, 0.3) is 0 Å². The first-order valence-corrected chi connectivity index (χ1v) is 5.91. The third-order valence-corrected chi connectivity index (χ3v) is 2.94. The number of aliphatic carboxylic acids is 1. The molecule has 0 aromatic carbocycles. The predicted molar refractivity (Wildman–Crippen MR) is 64.1 cm³/mol. The lowest BCUT2D eigenvalue weighted by Gasteiger charge is -2.32. The normalized spacial score (nSPS) is 19.2. The summed E-state index contributed by atoms with van der Waals surface area (Å²) in [7, 11) is 3.19. The fraction of sp³-hybridized carbons (Fsp3) is 0.727. The molecule has 18 heavy (non-hydrogen) atoms. The van der Waals surface area contributed by atoms with Crippen molar-refractivity contribution in [2.75, 3.05) is 27.2 Å². The Kier molecular flexibility index (Phi) is 4.94. The van der Waals surface area contributed by atoms with Crippen LogP contribution in [0, 0.1) is 0 Å². The zero-order valence-electron chi connectivity index (χ0n) is 10.7. The number of likely N-dealkylation sites (tertiary alicyclic amines) is 1. The molecule has 102 valence electrons. The first kappa shape index (κ1) is 14.3. The Bertz CT molecular complexity index is 343. The molecule has 1 aliphatic heterocycles. The molecule has 0 bridgehead atoms. The zero-order chi connectivity index (χ0) is 13.7. The van der Waals surface area contributed by atoms with Crippen LogP contribution in [0.4, 0.5) is 4.79 Å². The van der Waals surface area contributed by atoms with Crippen molar-refractivity contribution < 1.29 is 19.5 Å². The molecule has 1 fully saturated rings. The lowest BCUT2D eigenvalue weighted by Crippen LogP contribution is -2.53. The molecule has 0 saturated carbocycles. The van der Waals surface area contributed by atoms with E-state index in [1.54, 1.807) is 14.1 Å². The first-order valence-electron chi connectivity index (χ1n) is 5.91. The van der Waals surface area contributed by atoms with Gasteiger partial charge < -0.3 is 20.2 Å². The summed E-state index contributed by atoms with van der Waals surface area (Å²) in [5.74, 6) is -1.23. The van der Waals surface area contributed by atoms with Gasteiger partial charge in [0.05, 0.1) is 6.54 Å². The van der Waals surface area contributed by atoms with Gasteiger partial charge in [0.25, 0.3) is 0 Å². The first-order chi connectivity index (χ1) is 8.43. The average Bonchev–Trinajstić information content (AvgIpc) is 2.35. The van der Waals surface area contributed by atoms with Crippen LogP contribution < -0.4 is 5.32 Å². The molecule has 7 heteroatoms. The van der Waals surface area contributed by atoms with E-state index in [4.69, 9.17) is 5.11 Å². The van der Waals surface area contributed by atoms with E-state index in [1.165, 1.54) is 9.80 Å². The highest BCUT2D eigenvalue weighted by molar-refractivity contribution is 5.86. The predicted octanol–water partition coefficient (Wildman–Crippen LogP) is -0.277. The third-order valence-electron chi connectivity index (χ3n) is 2.94. The van der Waals surface area contributed by atoms with E-state index in [9.17, 15) is 14.4 Å². The number of rotatable bonds is 3. The Balaban J connectivity index is 2.53. The van der Waals surface area contributed by atoms with Gasteiger partial charge in [-0.3, -0.25) is 4.79 Å². The molecule has 1 rings (SSSR count). The van der Waals surface area contributed by atoms with Gasteiger partial charge >= 0.3 is 12.0 Å². The molecular formula is C11H19N3O4. The summed E-state index contributed by atoms with van der Waals surface area (Å²) in [6, 6.07) is -1.27. The van der Waals surface area contributed by atoms with Gasteiger partial charge in [0.15, 0.2) is 0 Å². The Morgan fingerprint density at radius 2 is 2.00 bits per heavy atom. The summed E-state index contributed by atoms with van der Waals surface area (Å²) in [5.41, 5.74) is 0. The molecule has 0 radical (unpaired) electrons. The van der Waals surface area contributed by atoms with Crippen molar-refractivity contribution in [3.8, 4) is 0 Å². The molecule has 0 aliphatic carbocycles. The number of hydrogen-bond donors (Lipinski definition) is 2. The van der Waals surface area contributed by atoms with E-state index < -0.39 is 18.0 Å². The number of likely N-dealkylation sites (N-methyl/N-ethyl adjacent to an activating group) is 1. The highest BCUT2D eigenvalue weighted by Crippen LogP contribution is 2.17. The Labute approximate surface area is 106 Å². The fourth-order valence-corrected chi connectivity index (χ4v) is 1.84. The van der Waals surface area contributed by atoms with Crippen molar-refractivity contribution >= 4 is 17.9 Å². The molecule has 1 heterocycles. The molecule has 1 unspecified atom stereocenters. The fourth-order valence-electron chi connectivity index (χ4n) is 1.84. The number of carbonyl (C=O) groups excluding carboxylic acids is 2. The number of carboxylic acid groups (broad SMARTS) is 1. The quantitative estimate of drug-likeness (QED) is 0.728. The maximum Gasteiger partial charge on any atom is 0.326 e. The Hall–Kier alpha value is -1.79. The van der Waals surface area contributed by atoms with Gasteiger partial charge in [-0.15, -0.1) is 0 Å². The summed E-state index contributed by atoms with van der Waals surface area (Å²) in [6.45, 7) is 0.299. The maximum absolute atomic E-state index is 11.8. The van der Waals surface area contributed by atoms with Gasteiger partial charge in [-0.05, 0) is 19.3 Å². The molecular weight excluding hydrogens is 238 g/mol. The van der Waals surface area contributed by atoms with Crippen LogP contribution in [-0.4, -0.2) is 66.0 Å². The number of carboxylic acids is 1. The summed E-state index contributed by atoms with van der Waals surface area (Å²) in [6.07, 6.45) is 2.06. The van der Waals surface area contributed by atoms with Crippen LogP contribution in [0.1, 0.15) is 19.3 Å². The minimum absolute atomic E-state index is 0.116. The van der Waals surface area contributed by atoms with Crippen LogP contribution in [-0.2, 0) is 9.59 Å². The minimum atomic E-state index is -0.996. The zero-order valence-corrected chi connectivity index (χ0v) is 10.7. The topological polar surface area (TPSA) is 90.0 Å². The minimum Gasteiger partial charge on any atom is -0.480 e. The number of urea groups is 1. The molecule has 2 N–H and O–H groups in total. The summed E-state index contributed by atoms with van der Waals surface area (Å²) in [5, 5.41) is 11.5. The van der Waals surface area contributed by atoms with Gasteiger partial charge in [0, 0.05) is 20.6 Å². The average molecular weight is 257 g/mol. The maximum atomic E-state index is 11.8. The number of nitrogens with zero attached hydrogens (tertiary/aromatic N) is 2. The van der Waals surface area contributed by atoms with Crippen molar-refractivity contribution in [1.82, 2.24) is 15.1 Å². The molecule has 1 atom stereocenters. The second-order valence-corrected chi connectivity index (χ2v) is 4.49. The van der Waals surface area contributed by atoms with Gasteiger partial charge in [0.1, 0.15) is 6.04 Å². The van der Waals surface area contributed by atoms with Crippen molar-refractivity contribution in [3.63, 3.8) is 0 Å². The largest absolute Gasteiger partial charge is 0.480 e. The second-order valence-electron chi connectivity index (χ2n) is 4.49. The number of carbonyl (C=O) groups is 3. The van der Waals surface area contributed by atoms with Crippen LogP contribution in [0.5, 0.6) is 0 Å². The Morgan fingerprint density at radius 1 is 1.33 bits per heavy atom. The van der Waals surface area contributed by atoms with Crippen molar-refractivity contribution in [3.05, 3.63) is 0 Å². The van der Waals surface area contributed by atoms with Crippen LogP contribution in [0.2, 0.25) is 0 Å². The van der Waals surface area contributed by atoms with E-state index in [-0.39, 0.29) is 12.5 Å². The van der Waals surface area contributed by atoms with Crippen LogP contribution in [0.3, 0.4) is 0 Å². The highest BCUT2D eigenvalue weighted by atomic mass is 16.4. The smallest absolute Gasteiger partial charge is 0.326 e. The molecule has 0 aromatic rings. The molecule has 7 nitrogen and oxygen atoms in total. The second kappa shape index (κ2) is 6.23. The lowest BCUT2D eigenvalue weighted by molar-refractivity contribution is -0.143. The lowest BCUT2D eigenvalue weighted by atomic mass is 10.0. The van der Waals surface area contributed by atoms with Crippen LogP contribution in [0.15, 0.2) is 0 Å². The molecule has 3 amide bonds. The number of piperidine rings is 1. The molecule has 1 aliphatic rings. The number of nitrogens with one attached hydrogen (secondary N) is 1. The number of hydrogen-bond acceptors (Lipinski definition) is 3. The van der Waals surface area contributed by atoms with Crippen molar-refractivity contribution in [1.29, 1.82) is 0 Å². The monoisotopic (exact) mass is 257 g/mol. The van der Waals surface area contributed by atoms with E-state index in [1.807, 2.05) is 0 Å². The summed E-state index contributed by atoms with van der Waals surface area (Å²) >= 11 is 0. The van der Waals surface area contributed by atoms with Gasteiger partial charge in [0.2, 0.25) is 5.91 Å². The Morgan fingerprint density at radius 3 is 2.56 bits per heavy atom. The van der Waals surface area contributed by atoms with Gasteiger partial charge in [-0.2, -0.15) is 0 Å². The van der Waals surface area contributed by atoms with E-state index in [2.05, 4.69) is 5.32 Å². The summed E-state index contributed by atoms with van der Waals surface area (Å²) in [4.78, 5) is 36.8. The SMILES string of the molecule is CN(C)C(=O)CNC(=O)N1CCCCC1C(=O)O. The molecule has 0 spiro atoms. The van der Waals surface area contributed by atoms with Gasteiger partial charge in [-0.1, -0.05) is 0 Å². The van der Waals surface area contributed by atoms with Crippen molar-refractivity contribution in [2.45, 2.75) is 25.3 Å². The van der Waals surface area contributed by atoms with Crippen molar-refractivity contribution in [2.24, 2.45) is 0 Å². The standard InChI is InChI=1S/C11H19N3O4/c1-13(2)9(15)7-12-11(18)14-6-4-3-5-8(14)10(16)17/h8H,3-7H2,1-2H3,(H,12,18)(H,16,17). The van der Waals surface area contributed by atoms with Crippen LogP contribution >= 0.6 is 0 Å². The van der Waals surface area contributed by atoms with Gasteiger partial charge in [-0.25, -0.2) is 9.59 Å². The number of amides is 3. The third kappa shape index (κ3) is 3.61. The summed E-state index contributed by atoms with van der Waals surface area (Å²) < 4.78 is 0. The van der Waals surface area contributed by atoms with E-state index in [0.29, 0.717) is 13.0 Å². The van der Waals surface area contributed by atoms with E-state index >= 15 is 0 Å². The molecule has 0 aromatic heterocycles. The van der Waals surface area contributed by atoms with E-state index in [0.717, 1.165) is 12.8 Å². The molecule has 1 saturated heterocycles.